The molecule has 5 rings (SSSR count). The Hall–Kier alpha value is -5.50. The molecule has 1 aliphatic heterocycles. The minimum atomic E-state index is -0.966. The van der Waals surface area contributed by atoms with Crippen molar-refractivity contribution in [3.63, 3.8) is 0 Å². The molecular weight excluding hydrogens is 590 g/mol. The number of carbonyl (C=O) groups is 3. The fourth-order valence-corrected chi connectivity index (χ4v) is 5.28. The van der Waals surface area contributed by atoms with E-state index in [1.54, 1.807) is 52.0 Å². The van der Waals surface area contributed by atoms with Crippen molar-refractivity contribution in [1.82, 2.24) is 9.91 Å². The monoisotopic (exact) mass is 629 g/mol. The average Bonchev–Trinajstić information content (AvgIpc) is 3.36. The third kappa shape index (κ3) is 8.41. The highest BCUT2D eigenvalue weighted by Crippen LogP contribution is 2.29. The molecule has 0 spiro atoms. The lowest BCUT2D eigenvalue weighted by Gasteiger charge is -2.30. The number of hydrogen-bond donors (Lipinski definition) is 0. The third-order valence-electron chi connectivity index (χ3n) is 7.38. The van der Waals surface area contributed by atoms with Gasteiger partial charge in [0.05, 0.1) is 24.4 Å². The molecule has 0 N–H and O–H groups in total. The Morgan fingerprint density at radius 2 is 1.36 bits per heavy atom. The van der Waals surface area contributed by atoms with Crippen LogP contribution in [0.5, 0.6) is 0 Å². The van der Waals surface area contributed by atoms with Gasteiger partial charge in [-0.05, 0) is 57.0 Å². The van der Waals surface area contributed by atoms with Gasteiger partial charge in [0, 0.05) is 23.2 Å². The first-order valence-electron chi connectivity index (χ1n) is 15.7. The van der Waals surface area contributed by atoms with E-state index in [-0.39, 0.29) is 19.6 Å². The van der Waals surface area contributed by atoms with Crippen LogP contribution >= 0.6 is 0 Å². The molecule has 8 nitrogen and oxygen atoms in total. The van der Waals surface area contributed by atoms with Gasteiger partial charge in [-0.2, -0.15) is 5.10 Å². The number of hydrogen-bond acceptors (Lipinski definition) is 6. The molecule has 0 radical (unpaired) electrons. The number of ether oxygens (including phenoxy) is 2. The van der Waals surface area contributed by atoms with E-state index in [9.17, 15) is 14.4 Å². The molecule has 0 aliphatic carbocycles. The molecule has 47 heavy (non-hydrogen) atoms. The molecule has 1 atom stereocenters. The summed E-state index contributed by atoms with van der Waals surface area (Å²) >= 11 is 0. The average molecular weight is 630 g/mol. The summed E-state index contributed by atoms with van der Waals surface area (Å²) in [5.41, 5.74) is 4.15. The van der Waals surface area contributed by atoms with Gasteiger partial charge in [0.15, 0.2) is 0 Å². The zero-order chi connectivity index (χ0) is 33.4. The van der Waals surface area contributed by atoms with Crippen LogP contribution in [0.1, 0.15) is 60.3 Å². The fraction of sp³-hybridized carbons (Fsp3) is 0.231. The number of esters is 2. The first-order chi connectivity index (χ1) is 22.6. The molecule has 1 fully saturated rings. The highest BCUT2D eigenvalue weighted by atomic mass is 16.6. The van der Waals surface area contributed by atoms with E-state index in [0.29, 0.717) is 17.0 Å². The third-order valence-corrected chi connectivity index (χ3v) is 7.38. The van der Waals surface area contributed by atoms with Crippen LogP contribution in [-0.4, -0.2) is 58.4 Å². The maximum absolute atomic E-state index is 14.5. The number of rotatable bonds is 10. The van der Waals surface area contributed by atoms with E-state index in [1.807, 2.05) is 97.1 Å². The maximum Gasteiger partial charge on any atom is 0.345 e. The van der Waals surface area contributed by atoms with Gasteiger partial charge in [0.2, 0.25) is 0 Å². The van der Waals surface area contributed by atoms with Gasteiger partial charge in [0.1, 0.15) is 11.6 Å². The second-order valence-electron chi connectivity index (χ2n) is 12.1. The Morgan fingerprint density at radius 3 is 1.89 bits per heavy atom. The van der Waals surface area contributed by atoms with Crippen LogP contribution in [0.25, 0.3) is 6.08 Å². The van der Waals surface area contributed by atoms with Crippen LogP contribution in [0.15, 0.2) is 126 Å². The lowest BCUT2D eigenvalue weighted by atomic mass is 10.0. The van der Waals surface area contributed by atoms with Gasteiger partial charge in [-0.25, -0.2) is 19.4 Å². The highest BCUT2D eigenvalue weighted by Gasteiger charge is 2.43. The van der Waals surface area contributed by atoms with Crippen molar-refractivity contribution in [2.45, 2.75) is 45.8 Å². The Kier molecular flexibility index (Phi) is 10.3. The van der Waals surface area contributed by atoms with Crippen LogP contribution in [0.2, 0.25) is 0 Å². The predicted molar refractivity (Wildman–Crippen MR) is 183 cm³/mol. The lowest BCUT2D eigenvalue weighted by Crippen LogP contribution is -2.46. The SMILES string of the molecule is CCOC(=O)c1ccc(/C=C2\CN(N=C(c3ccccc3)c3ccccc3)C(=O)N2[C@H](Cc2ccccc2)C(=O)OC(C)(C)C)cc1. The number of amides is 2. The van der Waals surface area contributed by atoms with E-state index in [2.05, 4.69) is 0 Å². The summed E-state index contributed by atoms with van der Waals surface area (Å²) in [6, 6.07) is 34.4. The highest BCUT2D eigenvalue weighted by molar-refractivity contribution is 6.13. The summed E-state index contributed by atoms with van der Waals surface area (Å²) in [6.07, 6.45) is 2.08. The van der Waals surface area contributed by atoms with Crippen LogP contribution in [0.3, 0.4) is 0 Å². The number of urea groups is 1. The first kappa shape index (κ1) is 32.9. The van der Waals surface area contributed by atoms with Crippen molar-refractivity contribution in [3.05, 3.63) is 149 Å². The Morgan fingerprint density at radius 1 is 0.809 bits per heavy atom. The molecule has 1 aliphatic rings. The van der Waals surface area contributed by atoms with Crippen LogP contribution in [-0.2, 0) is 20.7 Å². The van der Waals surface area contributed by atoms with E-state index in [4.69, 9.17) is 14.6 Å². The van der Waals surface area contributed by atoms with Crippen molar-refractivity contribution in [3.8, 4) is 0 Å². The van der Waals surface area contributed by atoms with E-state index >= 15 is 0 Å². The second-order valence-corrected chi connectivity index (χ2v) is 12.1. The topological polar surface area (TPSA) is 88.5 Å². The Balaban J connectivity index is 1.61. The quantitative estimate of drug-likeness (QED) is 0.135. The molecule has 8 heteroatoms. The van der Waals surface area contributed by atoms with Crippen LogP contribution in [0, 0.1) is 0 Å². The standard InChI is InChI=1S/C39H39N3O5/c1-5-46-36(43)32-23-21-29(22-24-32)25-33-27-41(40-35(30-17-11-7-12-18-30)31-19-13-8-14-20-31)38(45)42(33)34(37(44)47-39(2,3)4)26-28-15-9-6-10-16-28/h6-25,34H,5,26-27H2,1-4H3/b33-25+/t34-/m1/s1. The Bertz CT molecular complexity index is 1700. The zero-order valence-electron chi connectivity index (χ0n) is 27.1. The van der Waals surface area contributed by atoms with Crippen LogP contribution in [0.4, 0.5) is 4.79 Å². The molecular formula is C39H39N3O5. The van der Waals surface area contributed by atoms with Gasteiger partial charge in [0.25, 0.3) is 0 Å². The summed E-state index contributed by atoms with van der Waals surface area (Å²) in [4.78, 5) is 42.1. The van der Waals surface area contributed by atoms with Gasteiger partial charge in [-0.3, -0.25) is 4.90 Å². The summed E-state index contributed by atoms with van der Waals surface area (Å²) in [5.74, 6) is -0.928. The largest absolute Gasteiger partial charge is 0.462 e. The summed E-state index contributed by atoms with van der Waals surface area (Å²) in [7, 11) is 0. The van der Waals surface area contributed by atoms with Crippen molar-refractivity contribution >= 4 is 29.8 Å². The number of nitrogens with zero attached hydrogens (tertiary/aromatic N) is 3. The predicted octanol–water partition coefficient (Wildman–Crippen LogP) is 7.35. The lowest BCUT2D eigenvalue weighted by molar-refractivity contribution is -0.159. The molecule has 0 bridgehead atoms. The Labute approximate surface area is 275 Å². The molecule has 240 valence electrons. The van der Waals surface area contributed by atoms with Crippen molar-refractivity contribution in [1.29, 1.82) is 0 Å². The number of hydrazone groups is 1. The molecule has 2 amide bonds. The minimum Gasteiger partial charge on any atom is -0.462 e. The molecule has 1 saturated heterocycles. The smallest absolute Gasteiger partial charge is 0.345 e. The molecule has 0 unspecified atom stereocenters. The summed E-state index contributed by atoms with van der Waals surface area (Å²) in [5, 5.41) is 6.32. The number of benzene rings is 4. The molecule has 0 saturated carbocycles. The van der Waals surface area contributed by atoms with E-state index in [0.717, 1.165) is 22.3 Å². The molecule has 4 aromatic rings. The first-order valence-corrected chi connectivity index (χ1v) is 15.7. The van der Waals surface area contributed by atoms with Gasteiger partial charge in [-0.15, -0.1) is 0 Å². The summed E-state index contributed by atoms with van der Waals surface area (Å²) in [6.45, 7) is 7.56. The van der Waals surface area contributed by atoms with Crippen molar-refractivity contribution in [2.24, 2.45) is 5.10 Å². The molecule has 0 aromatic heterocycles. The minimum absolute atomic E-state index is 0.107. The van der Waals surface area contributed by atoms with E-state index in [1.165, 1.54) is 9.91 Å². The van der Waals surface area contributed by atoms with Gasteiger partial charge in [-0.1, -0.05) is 103 Å². The maximum atomic E-state index is 14.5. The van der Waals surface area contributed by atoms with Crippen molar-refractivity contribution in [2.75, 3.05) is 13.2 Å². The van der Waals surface area contributed by atoms with E-state index < -0.39 is 29.6 Å². The molecule has 1 heterocycles. The normalized spacial score (nSPS) is 14.6. The molecule has 4 aromatic carbocycles. The zero-order valence-corrected chi connectivity index (χ0v) is 27.1. The number of carbonyl (C=O) groups excluding carboxylic acids is 3. The fourth-order valence-electron chi connectivity index (χ4n) is 5.28. The van der Waals surface area contributed by atoms with Crippen LogP contribution < -0.4 is 0 Å². The van der Waals surface area contributed by atoms with Crippen molar-refractivity contribution < 1.29 is 23.9 Å². The summed E-state index contributed by atoms with van der Waals surface area (Å²) < 4.78 is 11.0. The van der Waals surface area contributed by atoms with Gasteiger partial charge >= 0.3 is 18.0 Å². The van der Waals surface area contributed by atoms with Gasteiger partial charge < -0.3 is 9.47 Å². The second kappa shape index (κ2) is 14.7.